The molecule has 1 aliphatic rings. The van der Waals surface area contributed by atoms with Crippen LogP contribution in [0.15, 0.2) is 0 Å². The molecule has 1 nitrogen and oxygen atoms in total. The fourth-order valence-corrected chi connectivity index (χ4v) is 5.06. The largest absolute Gasteiger partial charge is 0.328 e. The molecule has 0 heterocycles. The molecule has 1 fully saturated rings. The van der Waals surface area contributed by atoms with Gasteiger partial charge in [-0.15, -0.1) is 0 Å². The maximum atomic E-state index is 6.34. The first kappa shape index (κ1) is 27.0. The number of hydrogen-bond donors (Lipinski definition) is 1. The number of unbranched alkanes of at least 4 members (excludes halogenated alkanes) is 15. The van der Waals surface area contributed by atoms with Crippen LogP contribution >= 0.6 is 0 Å². The topological polar surface area (TPSA) is 26.0 Å². The van der Waals surface area contributed by atoms with Crippen molar-refractivity contribution in [1.82, 2.24) is 0 Å². The summed E-state index contributed by atoms with van der Waals surface area (Å²) in [5.41, 5.74) is 6.34. The van der Waals surface area contributed by atoms with Crippen molar-refractivity contribution < 1.29 is 0 Å². The highest BCUT2D eigenvalue weighted by Crippen LogP contribution is 2.45. The second-order valence-electron chi connectivity index (χ2n) is 10.3. The fraction of sp³-hybridized carbons (Fsp3) is 1.00. The molecule has 1 unspecified atom stereocenters. The first-order chi connectivity index (χ1) is 14.3. The number of rotatable bonds is 23. The molecule has 174 valence electrons. The van der Waals surface area contributed by atoms with Gasteiger partial charge in [-0.3, -0.25) is 0 Å². The molecule has 0 aromatic rings. The zero-order valence-corrected chi connectivity index (χ0v) is 20.6. The van der Waals surface area contributed by atoms with Crippen LogP contribution in [0.25, 0.3) is 0 Å². The van der Waals surface area contributed by atoms with Gasteiger partial charge in [0.1, 0.15) is 0 Å². The number of hydrogen-bond acceptors (Lipinski definition) is 1. The molecule has 0 bridgehead atoms. The van der Waals surface area contributed by atoms with Gasteiger partial charge in [-0.25, -0.2) is 0 Å². The van der Waals surface area contributed by atoms with Gasteiger partial charge < -0.3 is 5.73 Å². The highest BCUT2D eigenvalue weighted by Gasteiger charge is 2.35. The maximum Gasteiger partial charge on any atom is 0.00388 e. The van der Waals surface area contributed by atoms with Crippen molar-refractivity contribution in [3.63, 3.8) is 0 Å². The first-order valence-electron chi connectivity index (χ1n) is 14.0. The molecular weight excluding hydrogens is 350 g/mol. The molecule has 0 aliphatic heterocycles. The quantitative estimate of drug-likeness (QED) is 0.168. The summed E-state index contributed by atoms with van der Waals surface area (Å²) >= 11 is 0. The molecule has 0 amide bonds. The van der Waals surface area contributed by atoms with E-state index in [9.17, 15) is 0 Å². The Morgan fingerprint density at radius 1 is 0.517 bits per heavy atom. The fourth-order valence-electron chi connectivity index (χ4n) is 5.06. The summed E-state index contributed by atoms with van der Waals surface area (Å²) in [7, 11) is 0. The standard InChI is InChI=1S/C28H57N/c1-3-5-7-9-11-12-14-15-17-21-26-25-27(26)22-19-20-24-28(29)23-18-16-13-10-8-6-4-2/h26-28H,3-25,29H2,1-2H3/t26-,27+,28?/m0/s1. The smallest absolute Gasteiger partial charge is 0.00388 e. The summed E-state index contributed by atoms with van der Waals surface area (Å²) < 4.78 is 0. The van der Waals surface area contributed by atoms with Gasteiger partial charge in [-0.2, -0.15) is 0 Å². The lowest BCUT2D eigenvalue weighted by Gasteiger charge is -2.11. The predicted molar refractivity (Wildman–Crippen MR) is 132 cm³/mol. The van der Waals surface area contributed by atoms with Crippen molar-refractivity contribution in [3.05, 3.63) is 0 Å². The average molecular weight is 408 g/mol. The Bertz CT molecular complexity index is 326. The molecule has 1 heteroatoms. The molecule has 1 saturated carbocycles. The van der Waals surface area contributed by atoms with E-state index in [0.29, 0.717) is 6.04 Å². The van der Waals surface area contributed by atoms with Gasteiger partial charge >= 0.3 is 0 Å². The summed E-state index contributed by atoms with van der Waals surface area (Å²) in [6.45, 7) is 4.60. The van der Waals surface area contributed by atoms with Crippen molar-refractivity contribution >= 4 is 0 Å². The van der Waals surface area contributed by atoms with Crippen molar-refractivity contribution in [1.29, 1.82) is 0 Å². The Hall–Kier alpha value is -0.0400. The van der Waals surface area contributed by atoms with Crippen molar-refractivity contribution in [3.8, 4) is 0 Å². The highest BCUT2D eigenvalue weighted by molar-refractivity contribution is 4.85. The van der Waals surface area contributed by atoms with E-state index in [-0.39, 0.29) is 0 Å². The average Bonchev–Trinajstić information content (AvgIpc) is 3.47. The van der Waals surface area contributed by atoms with Crippen molar-refractivity contribution in [2.24, 2.45) is 17.6 Å². The van der Waals surface area contributed by atoms with E-state index in [1.54, 1.807) is 6.42 Å². The summed E-state index contributed by atoms with van der Waals surface area (Å²) in [4.78, 5) is 0. The second kappa shape index (κ2) is 19.9. The molecule has 1 aliphatic carbocycles. The molecule has 29 heavy (non-hydrogen) atoms. The van der Waals surface area contributed by atoms with Gasteiger partial charge in [0.25, 0.3) is 0 Å². The Balaban J connectivity index is 1.77. The van der Waals surface area contributed by atoms with E-state index in [1.165, 1.54) is 141 Å². The third kappa shape index (κ3) is 17.3. The Morgan fingerprint density at radius 2 is 0.862 bits per heavy atom. The lowest BCUT2D eigenvalue weighted by molar-refractivity contribution is 0.473. The zero-order chi connectivity index (χ0) is 21.0. The van der Waals surface area contributed by atoms with E-state index in [1.807, 2.05) is 0 Å². The molecule has 0 aromatic carbocycles. The van der Waals surface area contributed by atoms with Crippen LogP contribution in [0, 0.1) is 11.8 Å². The van der Waals surface area contributed by atoms with E-state index in [0.717, 1.165) is 11.8 Å². The van der Waals surface area contributed by atoms with E-state index in [2.05, 4.69) is 13.8 Å². The molecule has 0 saturated heterocycles. The van der Waals surface area contributed by atoms with Crippen LogP contribution in [0.4, 0.5) is 0 Å². The van der Waals surface area contributed by atoms with E-state index in [4.69, 9.17) is 5.73 Å². The Kier molecular flexibility index (Phi) is 18.5. The van der Waals surface area contributed by atoms with Crippen LogP contribution in [-0.2, 0) is 0 Å². The molecule has 1 rings (SSSR count). The minimum Gasteiger partial charge on any atom is -0.328 e. The van der Waals surface area contributed by atoms with Crippen molar-refractivity contribution in [2.45, 2.75) is 168 Å². The van der Waals surface area contributed by atoms with Crippen molar-refractivity contribution in [2.75, 3.05) is 0 Å². The molecule has 0 spiro atoms. The molecule has 0 radical (unpaired) electrons. The molecule has 2 N–H and O–H groups in total. The van der Waals surface area contributed by atoms with Crippen LogP contribution < -0.4 is 5.73 Å². The van der Waals surface area contributed by atoms with Gasteiger partial charge in [-0.05, 0) is 31.1 Å². The summed E-state index contributed by atoms with van der Waals surface area (Å²) in [5, 5.41) is 0. The third-order valence-electron chi connectivity index (χ3n) is 7.33. The van der Waals surface area contributed by atoms with Gasteiger partial charge in [0, 0.05) is 6.04 Å². The van der Waals surface area contributed by atoms with Gasteiger partial charge in [0.2, 0.25) is 0 Å². The minimum atomic E-state index is 0.475. The predicted octanol–water partition coefficient (Wildman–Crippen LogP) is 9.57. The highest BCUT2D eigenvalue weighted by atomic mass is 14.6. The summed E-state index contributed by atoms with van der Waals surface area (Å²) in [6.07, 6.45) is 32.9. The van der Waals surface area contributed by atoms with E-state index < -0.39 is 0 Å². The van der Waals surface area contributed by atoms with Crippen LogP contribution in [0.1, 0.15) is 162 Å². The monoisotopic (exact) mass is 407 g/mol. The second-order valence-corrected chi connectivity index (χ2v) is 10.3. The van der Waals surface area contributed by atoms with Crippen LogP contribution in [0.3, 0.4) is 0 Å². The third-order valence-corrected chi connectivity index (χ3v) is 7.33. The Labute approximate surface area is 185 Å². The SMILES string of the molecule is CCCCCCCCCCC[C@H]1C[C@H]1CCCCC(N)CCCCCCCCC. The van der Waals surface area contributed by atoms with Crippen LogP contribution in [0.5, 0.6) is 0 Å². The lowest BCUT2D eigenvalue weighted by Crippen LogP contribution is -2.19. The van der Waals surface area contributed by atoms with Crippen LogP contribution in [0.2, 0.25) is 0 Å². The molecule has 0 aromatic heterocycles. The summed E-state index contributed by atoms with van der Waals surface area (Å²) in [6, 6.07) is 0.475. The number of nitrogens with two attached hydrogens (primary N) is 1. The summed E-state index contributed by atoms with van der Waals surface area (Å²) in [5.74, 6) is 2.18. The normalized spacial score (nSPS) is 19.6. The lowest BCUT2D eigenvalue weighted by atomic mass is 10.00. The van der Waals surface area contributed by atoms with Gasteiger partial charge in [-0.1, -0.05) is 142 Å². The van der Waals surface area contributed by atoms with Gasteiger partial charge in [0.15, 0.2) is 0 Å². The Morgan fingerprint density at radius 3 is 1.34 bits per heavy atom. The maximum absolute atomic E-state index is 6.34. The zero-order valence-electron chi connectivity index (χ0n) is 20.6. The molecule has 3 atom stereocenters. The van der Waals surface area contributed by atoms with Crippen LogP contribution in [-0.4, -0.2) is 6.04 Å². The molecular formula is C28H57N. The van der Waals surface area contributed by atoms with Gasteiger partial charge in [0.05, 0.1) is 0 Å². The first-order valence-corrected chi connectivity index (χ1v) is 14.0. The minimum absolute atomic E-state index is 0.475. The van der Waals surface area contributed by atoms with E-state index >= 15 is 0 Å².